The van der Waals surface area contributed by atoms with E-state index in [4.69, 9.17) is 0 Å². The zero-order chi connectivity index (χ0) is 20.5. The Morgan fingerprint density at radius 1 is 1.31 bits per heavy atom. The molecule has 2 amide bonds. The third-order valence-electron chi connectivity index (χ3n) is 6.74. The Kier molecular flexibility index (Phi) is 5.63. The van der Waals surface area contributed by atoms with Crippen molar-refractivity contribution in [1.82, 2.24) is 20.1 Å². The molecular formula is C23H32N4O2. The Labute approximate surface area is 172 Å². The highest BCUT2D eigenvalue weighted by Gasteiger charge is 2.41. The maximum atomic E-state index is 12.7. The average Bonchev–Trinajstić information content (AvgIpc) is 3.09. The Morgan fingerprint density at radius 2 is 2.10 bits per heavy atom. The van der Waals surface area contributed by atoms with Gasteiger partial charge in [0.1, 0.15) is 0 Å². The number of aromatic amines is 1. The summed E-state index contributed by atoms with van der Waals surface area (Å²) < 4.78 is 0. The second kappa shape index (κ2) is 8.19. The van der Waals surface area contributed by atoms with Gasteiger partial charge in [-0.15, -0.1) is 0 Å². The monoisotopic (exact) mass is 396 g/mol. The lowest BCUT2D eigenvalue weighted by Crippen LogP contribution is -2.58. The highest BCUT2D eigenvalue weighted by Crippen LogP contribution is 2.44. The fourth-order valence-corrected chi connectivity index (χ4v) is 5.44. The van der Waals surface area contributed by atoms with Gasteiger partial charge in [-0.2, -0.15) is 0 Å². The minimum Gasteiger partial charge on any atom is -0.352 e. The molecule has 156 valence electrons. The summed E-state index contributed by atoms with van der Waals surface area (Å²) in [7, 11) is 0. The number of carbonyl (C=O) groups excluding carboxylic acids is 2. The van der Waals surface area contributed by atoms with E-state index in [1.54, 1.807) is 0 Å². The minimum absolute atomic E-state index is 0.0366. The van der Waals surface area contributed by atoms with Gasteiger partial charge >= 0.3 is 6.03 Å². The summed E-state index contributed by atoms with van der Waals surface area (Å²) in [4.78, 5) is 32.0. The van der Waals surface area contributed by atoms with Crippen LogP contribution < -0.4 is 5.32 Å². The molecule has 4 rings (SSSR count). The molecule has 2 N–H and O–H groups in total. The number of H-pyrrole nitrogens is 1. The van der Waals surface area contributed by atoms with E-state index in [1.807, 2.05) is 18.7 Å². The number of urea groups is 1. The van der Waals surface area contributed by atoms with Gasteiger partial charge in [0.05, 0.1) is 5.69 Å². The number of piperidine rings is 1. The van der Waals surface area contributed by atoms with E-state index in [9.17, 15) is 9.59 Å². The van der Waals surface area contributed by atoms with Crippen LogP contribution >= 0.6 is 0 Å². The van der Waals surface area contributed by atoms with Gasteiger partial charge in [-0.25, -0.2) is 4.79 Å². The first-order chi connectivity index (χ1) is 14.1. The second-order valence-electron chi connectivity index (χ2n) is 8.33. The lowest BCUT2D eigenvalue weighted by atomic mass is 9.73. The Morgan fingerprint density at radius 3 is 2.79 bits per heavy atom. The van der Waals surface area contributed by atoms with Crippen molar-refractivity contribution in [2.75, 3.05) is 26.2 Å². The normalized spacial score (nSPS) is 23.6. The molecule has 0 unspecified atom stereocenters. The molecule has 1 fully saturated rings. The van der Waals surface area contributed by atoms with Crippen molar-refractivity contribution in [3.63, 3.8) is 0 Å². The predicted molar refractivity (Wildman–Crippen MR) is 116 cm³/mol. The molecule has 3 atom stereocenters. The number of nitrogens with zero attached hydrogens (tertiary/aromatic N) is 2. The maximum absolute atomic E-state index is 12.7. The Balaban J connectivity index is 1.68. The third-order valence-corrected chi connectivity index (χ3v) is 6.74. The molecule has 1 aliphatic carbocycles. The second-order valence-corrected chi connectivity index (χ2v) is 8.33. The quantitative estimate of drug-likeness (QED) is 0.734. The zero-order valence-corrected chi connectivity index (χ0v) is 17.7. The van der Waals surface area contributed by atoms with Gasteiger partial charge in [0.25, 0.3) is 0 Å². The largest absolute Gasteiger partial charge is 0.352 e. The van der Waals surface area contributed by atoms with Gasteiger partial charge in [0, 0.05) is 48.5 Å². The van der Waals surface area contributed by atoms with Crippen LogP contribution in [0.3, 0.4) is 0 Å². The van der Waals surface area contributed by atoms with Crippen LogP contribution in [0.2, 0.25) is 0 Å². The van der Waals surface area contributed by atoms with Crippen LogP contribution in [-0.4, -0.2) is 65.4 Å². The molecule has 2 heterocycles. The van der Waals surface area contributed by atoms with Crippen LogP contribution in [-0.2, 0) is 6.42 Å². The lowest BCUT2D eigenvalue weighted by Gasteiger charge is -2.47. The number of aromatic nitrogens is 1. The Hall–Kier alpha value is -2.34. The minimum atomic E-state index is 0.0366. The van der Waals surface area contributed by atoms with Crippen molar-refractivity contribution in [2.24, 2.45) is 0 Å². The fourth-order valence-electron chi connectivity index (χ4n) is 5.44. The number of amides is 2. The molecule has 1 aromatic heterocycles. The topological polar surface area (TPSA) is 68.4 Å². The van der Waals surface area contributed by atoms with Crippen LogP contribution in [0.4, 0.5) is 4.79 Å². The standard InChI is InChI=1S/C23H32N4O2/c1-4-10-27-13-15(24-23(29)26(5-2)6-3)11-17-16-8-7-9-19-22(16)18(12-21(17)27)20(14-28)25-19/h7-9,14-15,17,21,25H,4-6,10-13H2,1-3H3,(H,24,29)/t15-,17+,21+/m0/s1. The summed E-state index contributed by atoms with van der Waals surface area (Å²) in [5, 5.41) is 4.52. The van der Waals surface area contributed by atoms with Crippen LogP contribution in [0.25, 0.3) is 10.9 Å². The smallest absolute Gasteiger partial charge is 0.317 e. The number of nitrogens with one attached hydrogen (secondary N) is 2. The number of hydrogen-bond donors (Lipinski definition) is 2. The summed E-state index contributed by atoms with van der Waals surface area (Å²) in [5.74, 6) is 0.365. The molecular weight excluding hydrogens is 364 g/mol. The molecule has 29 heavy (non-hydrogen) atoms. The van der Waals surface area contributed by atoms with Gasteiger partial charge in [-0.1, -0.05) is 19.1 Å². The molecule has 0 bridgehead atoms. The highest BCUT2D eigenvalue weighted by atomic mass is 16.2. The first-order valence-corrected chi connectivity index (χ1v) is 11.0. The molecule has 6 heteroatoms. The molecule has 6 nitrogen and oxygen atoms in total. The molecule has 2 aromatic rings. The van der Waals surface area contributed by atoms with Crippen LogP contribution in [0, 0.1) is 0 Å². The number of hydrogen-bond acceptors (Lipinski definition) is 3. The van der Waals surface area contributed by atoms with E-state index in [0.29, 0.717) is 12.0 Å². The lowest BCUT2D eigenvalue weighted by molar-refractivity contribution is 0.0974. The SMILES string of the molecule is CCCN1C[C@@H](NC(=O)N(CC)CC)C[C@@H]2c3cccc4[nH]c(C=O)c(c34)C[C@H]21. The van der Waals surface area contributed by atoms with Crippen molar-refractivity contribution in [3.8, 4) is 0 Å². The van der Waals surface area contributed by atoms with Crippen molar-refractivity contribution >= 4 is 23.2 Å². The average molecular weight is 397 g/mol. The number of likely N-dealkylation sites (tertiary alicyclic amines) is 1. The summed E-state index contributed by atoms with van der Waals surface area (Å²) in [6.45, 7) is 9.56. The first kappa shape index (κ1) is 20.0. The number of carbonyl (C=O) groups is 2. The third kappa shape index (κ3) is 3.44. The number of benzene rings is 1. The number of rotatable bonds is 6. The molecule has 0 spiro atoms. The summed E-state index contributed by atoms with van der Waals surface area (Å²) in [6.07, 6.45) is 3.87. The van der Waals surface area contributed by atoms with Crippen molar-refractivity contribution < 1.29 is 9.59 Å². The van der Waals surface area contributed by atoms with E-state index < -0.39 is 0 Å². The highest BCUT2D eigenvalue weighted by molar-refractivity contribution is 5.95. The van der Waals surface area contributed by atoms with Crippen LogP contribution in [0.15, 0.2) is 18.2 Å². The Bertz CT molecular complexity index is 902. The van der Waals surface area contributed by atoms with Gasteiger partial charge in [0.2, 0.25) is 0 Å². The maximum Gasteiger partial charge on any atom is 0.317 e. The van der Waals surface area contributed by atoms with Crippen LogP contribution in [0.5, 0.6) is 0 Å². The van der Waals surface area contributed by atoms with Gasteiger partial charge in [-0.05, 0) is 56.8 Å². The molecule has 1 saturated heterocycles. The van der Waals surface area contributed by atoms with Crippen molar-refractivity contribution in [2.45, 2.75) is 58.0 Å². The number of fused-ring (bicyclic) bond motifs is 2. The fraction of sp³-hybridized carbons (Fsp3) is 0.565. The van der Waals surface area contributed by atoms with E-state index in [-0.39, 0.29) is 12.1 Å². The van der Waals surface area contributed by atoms with E-state index in [1.165, 1.54) is 16.5 Å². The number of aldehydes is 1. The summed E-state index contributed by atoms with van der Waals surface area (Å²) in [6, 6.07) is 6.90. The molecule has 1 aromatic carbocycles. The molecule has 2 aliphatic rings. The molecule has 1 aliphatic heterocycles. The van der Waals surface area contributed by atoms with Crippen LogP contribution in [0.1, 0.15) is 61.1 Å². The van der Waals surface area contributed by atoms with Gasteiger partial charge in [0.15, 0.2) is 6.29 Å². The van der Waals surface area contributed by atoms with E-state index >= 15 is 0 Å². The predicted octanol–water partition coefficient (Wildman–Crippen LogP) is 3.52. The van der Waals surface area contributed by atoms with Crippen molar-refractivity contribution in [1.29, 1.82) is 0 Å². The van der Waals surface area contributed by atoms with Crippen molar-refractivity contribution in [3.05, 3.63) is 35.0 Å². The first-order valence-electron chi connectivity index (χ1n) is 11.0. The molecule has 0 radical (unpaired) electrons. The van der Waals surface area contributed by atoms with E-state index in [2.05, 4.69) is 40.3 Å². The zero-order valence-electron chi connectivity index (χ0n) is 17.7. The van der Waals surface area contributed by atoms with Gasteiger partial charge in [-0.3, -0.25) is 9.69 Å². The molecule has 0 saturated carbocycles. The van der Waals surface area contributed by atoms with Gasteiger partial charge < -0.3 is 15.2 Å². The van der Waals surface area contributed by atoms with E-state index in [0.717, 1.165) is 62.9 Å². The summed E-state index contributed by atoms with van der Waals surface area (Å²) >= 11 is 0. The summed E-state index contributed by atoms with van der Waals surface area (Å²) in [5.41, 5.74) is 4.26.